The van der Waals surface area contributed by atoms with Gasteiger partial charge in [0.1, 0.15) is 11.9 Å². The van der Waals surface area contributed by atoms with Crippen molar-refractivity contribution in [1.29, 1.82) is 0 Å². The molecule has 0 aliphatic carbocycles. The third kappa shape index (κ3) is 5.64. The Bertz CT molecular complexity index is 1140. The predicted octanol–water partition coefficient (Wildman–Crippen LogP) is 5.40. The van der Waals surface area contributed by atoms with Gasteiger partial charge < -0.3 is 9.47 Å². The molecule has 4 nitrogen and oxygen atoms in total. The number of halogens is 1. The molecular formula is C26H25BrNO3PS. The van der Waals surface area contributed by atoms with E-state index in [4.69, 9.17) is 21.3 Å². The Morgan fingerprint density at radius 2 is 1.76 bits per heavy atom. The summed E-state index contributed by atoms with van der Waals surface area (Å²) in [7, 11) is 0. The smallest absolute Gasteiger partial charge is 0.330 e. The van der Waals surface area contributed by atoms with Crippen LogP contribution >= 0.6 is 22.1 Å². The zero-order valence-electron chi connectivity index (χ0n) is 18.2. The van der Waals surface area contributed by atoms with Crippen LogP contribution in [0.4, 0.5) is 0 Å². The second kappa shape index (κ2) is 10.8. The molecular weight excluding hydrogens is 517 g/mol. The van der Waals surface area contributed by atoms with Crippen LogP contribution in [0.2, 0.25) is 0 Å². The van der Waals surface area contributed by atoms with Crippen molar-refractivity contribution >= 4 is 50.5 Å². The number of ether oxygens (including phenoxy) is 2. The van der Waals surface area contributed by atoms with Gasteiger partial charge in [-0.1, -0.05) is 88.4 Å². The van der Waals surface area contributed by atoms with Gasteiger partial charge in [-0.05, 0) is 31.2 Å². The summed E-state index contributed by atoms with van der Waals surface area (Å²) in [6, 6.07) is 26.4. The lowest BCUT2D eigenvalue weighted by Gasteiger charge is -2.36. The molecule has 3 aromatic carbocycles. The van der Waals surface area contributed by atoms with E-state index < -0.39 is 6.19 Å². The van der Waals surface area contributed by atoms with Crippen LogP contribution in [0.3, 0.4) is 0 Å². The fourth-order valence-electron chi connectivity index (χ4n) is 3.88. The van der Waals surface area contributed by atoms with E-state index in [2.05, 4.69) is 51.3 Å². The summed E-state index contributed by atoms with van der Waals surface area (Å²) in [5.41, 5.74) is 1.05. The number of rotatable bonds is 7. The van der Waals surface area contributed by atoms with Gasteiger partial charge >= 0.3 is 5.97 Å². The molecule has 4 rings (SSSR count). The molecule has 1 aliphatic heterocycles. The number of esters is 1. The first-order valence-corrected chi connectivity index (χ1v) is 14.4. The van der Waals surface area contributed by atoms with Crippen molar-refractivity contribution in [2.45, 2.75) is 25.5 Å². The summed E-state index contributed by atoms with van der Waals surface area (Å²) in [5, 5.41) is 6.08. The summed E-state index contributed by atoms with van der Waals surface area (Å²) in [6.45, 7) is 2.13. The van der Waals surface area contributed by atoms with Gasteiger partial charge in [-0.2, -0.15) is 0 Å². The molecule has 170 valence electrons. The predicted molar refractivity (Wildman–Crippen MR) is 141 cm³/mol. The maximum atomic E-state index is 11.9. The standard InChI is InChI=1S/C26H25BrNO3PS/c1-2-30-26(29)16-14-20-18-24(23-17-19(27)13-15-25(23)31-20)28-32(33,21-9-5-3-6-10-21)22-11-7-4-8-12-22/h3-17,20,24H,2,18H2,1H3,(H,28,33)/b16-14+. The second-order valence-electron chi connectivity index (χ2n) is 7.65. The Labute approximate surface area is 208 Å². The number of fused-ring (bicyclic) bond motifs is 1. The van der Waals surface area contributed by atoms with Crippen LogP contribution in [0, 0.1) is 0 Å². The molecule has 3 aromatic rings. The Hall–Kier alpha value is -2.24. The molecule has 7 heteroatoms. The number of hydrogen-bond donors (Lipinski definition) is 1. The van der Waals surface area contributed by atoms with Gasteiger partial charge in [0.05, 0.1) is 12.8 Å². The molecule has 0 aromatic heterocycles. The summed E-state index contributed by atoms with van der Waals surface area (Å²) < 4.78 is 12.2. The fraction of sp³-hybridized carbons (Fsp3) is 0.192. The number of carbonyl (C=O) groups excluding carboxylic acids is 1. The molecule has 0 amide bonds. The molecule has 0 saturated heterocycles. The first-order valence-electron chi connectivity index (χ1n) is 10.8. The first-order chi connectivity index (χ1) is 16.0. The Morgan fingerprint density at radius 3 is 2.36 bits per heavy atom. The highest BCUT2D eigenvalue weighted by Crippen LogP contribution is 2.46. The average molecular weight is 542 g/mol. The normalized spacial score (nSPS) is 17.9. The topological polar surface area (TPSA) is 47.6 Å². The Morgan fingerprint density at radius 1 is 1.12 bits per heavy atom. The minimum atomic E-state index is -2.34. The first kappa shape index (κ1) is 23.9. The molecule has 33 heavy (non-hydrogen) atoms. The van der Waals surface area contributed by atoms with E-state index in [1.165, 1.54) is 6.08 Å². The molecule has 2 unspecified atom stereocenters. The molecule has 0 saturated carbocycles. The third-order valence-electron chi connectivity index (χ3n) is 5.40. The van der Waals surface area contributed by atoms with Crippen molar-refractivity contribution in [3.05, 3.63) is 101 Å². The minimum Gasteiger partial charge on any atom is -0.486 e. The summed E-state index contributed by atoms with van der Waals surface area (Å²) in [6.07, 6.45) is 1.23. The Kier molecular flexibility index (Phi) is 7.82. The van der Waals surface area contributed by atoms with Gasteiger partial charge in [-0.3, -0.25) is 5.09 Å². The van der Waals surface area contributed by atoms with Crippen LogP contribution in [0.5, 0.6) is 5.75 Å². The summed E-state index contributed by atoms with van der Waals surface area (Å²) >= 11 is 10.0. The number of carbonyl (C=O) groups is 1. The zero-order valence-corrected chi connectivity index (χ0v) is 21.5. The largest absolute Gasteiger partial charge is 0.486 e. The molecule has 0 fully saturated rings. The van der Waals surface area contributed by atoms with Crippen LogP contribution in [-0.4, -0.2) is 18.7 Å². The lowest BCUT2D eigenvalue weighted by molar-refractivity contribution is -0.137. The molecule has 0 radical (unpaired) electrons. The van der Waals surface area contributed by atoms with Gasteiger partial charge in [-0.15, -0.1) is 0 Å². The summed E-state index contributed by atoms with van der Waals surface area (Å²) in [4.78, 5) is 11.9. The maximum Gasteiger partial charge on any atom is 0.330 e. The van der Waals surface area contributed by atoms with E-state index in [1.807, 2.05) is 48.5 Å². The highest BCUT2D eigenvalue weighted by Gasteiger charge is 2.33. The van der Waals surface area contributed by atoms with Gasteiger partial charge in [0, 0.05) is 39.2 Å². The number of nitrogens with one attached hydrogen (secondary N) is 1. The van der Waals surface area contributed by atoms with Crippen molar-refractivity contribution in [1.82, 2.24) is 5.09 Å². The van der Waals surface area contributed by atoms with Crippen molar-refractivity contribution in [3.8, 4) is 5.75 Å². The minimum absolute atomic E-state index is 0.0608. The Balaban J connectivity index is 1.72. The van der Waals surface area contributed by atoms with Crippen molar-refractivity contribution in [3.63, 3.8) is 0 Å². The molecule has 0 spiro atoms. The van der Waals surface area contributed by atoms with Crippen molar-refractivity contribution in [2.24, 2.45) is 0 Å². The molecule has 1 aliphatic rings. The molecule has 1 heterocycles. The van der Waals surface area contributed by atoms with Crippen LogP contribution in [0.25, 0.3) is 0 Å². The highest BCUT2D eigenvalue weighted by molar-refractivity contribution is 9.10. The molecule has 1 N–H and O–H groups in total. The number of benzene rings is 3. The van der Waals surface area contributed by atoms with E-state index in [9.17, 15) is 4.79 Å². The second-order valence-corrected chi connectivity index (χ2v) is 12.7. The molecule has 0 bridgehead atoms. The SMILES string of the molecule is CCOC(=O)/C=C/C1CC(NP(=S)(c2ccccc2)c2ccccc2)c2cc(Br)ccc2O1. The van der Waals surface area contributed by atoms with Crippen LogP contribution < -0.4 is 20.4 Å². The van der Waals surface area contributed by atoms with Crippen molar-refractivity contribution < 1.29 is 14.3 Å². The fourth-order valence-corrected chi connectivity index (χ4v) is 7.83. The van der Waals surface area contributed by atoms with Crippen LogP contribution in [0.1, 0.15) is 24.9 Å². The van der Waals surface area contributed by atoms with Gasteiger partial charge in [0.25, 0.3) is 0 Å². The monoisotopic (exact) mass is 541 g/mol. The van der Waals surface area contributed by atoms with E-state index in [-0.39, 0.29) is 18.1 Å². The third-order valence-corrected chi connectivity index (χ3v) is 10.2. The van der Waals surface area contributed by atoms with E-state index in [1.54, 1.807) is 13.0 Å². The van der Waals surface area contributed by atoms with Gasteiger partial charge in [0.15, 0.2) is 0 Å². The average Bonchev–Trinajstić information content (AvgIpc) is 2.84. The lowest BCUT2D eigenvalue weighted by Crippen LogP contribution is -2.35. The maximum absolute atomic E-state index is 11.9. The lowest BCUT2D eigenvalue weighted by atomic mass is 9.97. The van der Waals surface area contributed by atoms with Gasteiger partial charge in [-0.25, -0.2) is 4.79 Å². The summed E-state index contributed by atoms with van der Waals surface area (Å²) in [5.74, 6) is 0.411. The van der Waals surface area contributed by atoms with Gasteiger partial charge in [0.2, 0.25) is 0 Å². The quantitative estimate of drug-likeness (QED) is 0.246. The molecule has 2 atom stereocenters. The highest BCUT2D eigenvalue weighted by atomic mass is 79.9. The zero-order chi connectivity index (χ0) is 23.3. The van der Waals surface area contributed by atoms with Crippen LogP contribution in [0.15, 0.2) is 95.5 Å². The van der Waals surface area contributed by atoms with E-state index in [0.29, 0.717) is 13.0 Å². The van der Waals surface area contributed by atoms with Crippen molar-refractivity contribution in [2.75, 3.05) is 6.61 Å². The van der Waals surface area contributed by atoms with E-state index in [0.717, 1.165) is 26.4 Å². The van der Waals surface area contributed by atoms with Crippen LogP contribution in [-0.2, 0) is 21.3 Å². The van der Waals surface area contributed by atoms with E-state index >= 15 is 0 Å². The number of hydrogen-bond acceptors (Lipinski definition) is 4.